The molecule has 1 aromatic carbocycles. The van der Waals surface area contributed by atoms with Crippen molar-refractivity contribution < 1.29 is 9.59 Å². The molecule has 1 heterocycles. The second-order valence-electron chi connectivity index (χ2n) is 6.07. The largest absolute Gasteiger partial charge is 0.352 e. The van der Waals surface area contributed by atoms with E-state index in [-0.39, 0.29) is 11.8 Å². The summed E-state index contributed by atoms with van der Waals surface area (Å²) in [6.45, 7) is 2.98. The molecule has 7 heteroatoms. The molecule has 0 spiro atoms. The van der Waals surface area contributed by atoms with Crippen LogP contribution in [0.1, 0.15) is 23.2 Å². The maximum atomic E-state index is 12.5. The number of carbonyl (C=O) groups excluding carboxylic acids is 2. The van der Waals surface area contributed by atoms with Gasteiger partial charge in [-0.2, -0.15) is 0 Å². The molecule has 0 radical (unpaired) electrons. The zero-order valence-electron chi connectivity index (χ0n) is 12.7. The first kappa shape index (κ1) is 16.6. The van der Waals surface area contributed by atoms with Crippen molar-refractivity contribution in [3.05, 3.63) is 33.8 Å². The van der Waals surface area contributed by atoms with Gasteiger partial charge in [0, 0.05) is 47.8 Å². The molecule has 2 fully saturated rings. The fourth-order valence-electron chi connectivity index (χ4n) is 2.67. The highest BCUT2D eigenvalue weighted by atomic mass is 35.5. The summed E-state index contributed by atoms with van der Waals surface area (Å²) in [6, 6.07) is 5.25. The molecule has 2 aliphatic rings. The SMILES string of the molecule is O=C(CN1CCN(C(=O)c2cc(Cl)cc(Cl)c2)CC1)NC1CC1. The van der Waals surface area contributed by atoms with E-state index in [1.807, 2.05) is 0 Å². The number of nitrogens with zero attached hydrogens (tertiary/aromatic N) is 2. The number of nitrogens with one attached hydrogen (secondary N) is 1. The molecule has 124 valence electrons. The molecule has 0 atom stereocenters. The van der Waals surface area contributed by atoms with Gasteiger partial charge in [0.2, 0.25) is 5.91 Å². The zero-order valence-corrected chi connectivity index (χ0v) is 14.2. The molecule has 3 rings (SSSR count). The Labute approximate surface area is 145 Å². The fraction of sp³-hybridized carbons (Fsp3) is 0.500. The number of rotatable bonds is 4. The quantitative estimate of drug-likeness (QED) is 0.898. The Hall–Kier alpha value is -1.30. The summed E-state index contributed by atoms with van der Waals surface area (Å²) in [7, 11) is 0. The van der Waals surface area contributed by atoms with Gasteiger partial charge in [-0.15, -0.1) is 0 Å². The van der Waals surface area contributed by atoms with Crippen molar-refractivity contribution in [1.82, 2.24) is 15.1 Å². The van der Waals surface area contributed by atoms with E-state index in [4.69, 9.17) is 23.2 Å². The minimum absolute atomic E-state index is 0.0727. The molecule has 1 saturated heterocycles. The van der Waals surface area contributed by atoms with Crippen LogP contribution in [0.2, 0.25) is 10.0 Å². The number of hydrogen-bond donors (Lipinski definition) is 1. The number of hydrogen-bond acceptors (Lipinski definition) is 3. The highest BCUT2D eigenvalue weighted by Gasteiger charge is 2.26. The third kappa shape index (κ3) is 4.59. The number of piperazine rings is 1. The summed E-state index contributed by atoms with van der Waals surface area (Å²) in [6.07, 6.45) is 2.19. The van der Waals surface area contributed by atoms with E-state index in [0.29, 0.717) is 54.4 Å². The van der Waals surface area contributed by atoms with Gasteiger partial charge >= 0.3 is 0 Å². The monoisotopic (exact) mass is 355 g/mol. The highest BCUT2D eigenvalue weighted by Crippen LogP contribution is 2.21. The van der Waals surface area contributed by atoms with E-state index >= 15 is 0 Å². The molecule has 0 aromatic heterocycles. The number of carbonyl (C=O) groups is 2. The van der Waals surface area contributed by atoms with E-state index in [1.54, 1.807) is 23.1 Å². The highest BCUT2D eigenvalue weighted by molar-refractivity contribution is 6.35. The first-order chi connectivity index (χ1) is 11.0. The van der Waals surface area contributed by atoms with Crippen LogP contribution in [0.3, 0.4) is 0 Å². The number of halogens is 2. The van der Waals surface area contributed by atoms with Crippen LogP contribution in [0.25, 0.3) is 0 Å². The summed E-state index contributed by atoms with van der Waals surface area (Å²) in [5.74, 6) is 0.00498. The zero-order chi connectivity index (χ0) is 16.4. The maximum Gasteiger partial charge on any atom is 0.254 e. The van der Waals surface area contributed by atoms with Gasteiger partial charge in [-0.25, -0.2) is 0 Å². The Kier molecular flexibility index (Phi) is 5.09. The molecule has 1 aliphatic heterocycles. The lowest BCUT2D eigenvalue weighted by atomic mass is 10.2. The van der Waals surface area contributed by atoms with Gasteiger partial charge in [-0.1, -0.05) is 23.2 Å². The predicted octanol–water partition coefficient (Wildman–Crippen LogP) is 2.03. The van der Waals surface area contributed by atoms with Gasteiger partial charge in [0.25, 0.3) is 5.91 Å². The number of benzene rings is 1. The van der Waals surface area contributed by atoms with Gasteiger partial charge in [0.1, 0.15) is 0 Å². The first-order valence-corrected chi connectivity index (χ1v) is 8.54. The van der Waals surface area contributed by atoms with Crippen LogP contribution in [0.4, 0.5) is 0 Å². The summed E-state index contributed by atoms with van der Waals surface area (Å²) in [4.78, 5) is 28.2. The van der Waals surface area contributed by atoms with Gasteiger partial charge < -0.3 is 10.2 Å². The van der Waals surface area contributed by atoms with Crippen LogP contribution in [-0.4, -0.2) is 60.4 Å². The third-order valence-electron chi connectivity index (χ3n) is 4.08. The van der Waals surface area contributed by atoms with Crippen LogP contribution < -0.4 is 5.32 Å². The molecule has 2 amide bonds. The third-order valence-corrected chi connectivity index (χ3v) is 4.52. The average Bonchev–Trinajstić information content (AvgIpc) is 3.30. The number of amides is 2. The van der Waals surface area contributed by atoms with Crippen molar-refractivity contribution in [3.8, 4) is 0 Å². The van der Waals surface area contributed by atoms with Crippen LogP contribution in [0.5, 0.6) is 0 Å². The Bertz CT molecular complexity index is 591. The Morgan fingerprint density at radius 2 is 1.65 bits per heavy atom. The molecule has 1 aliphatic carbocycles. The first-order valence-electron chi connectivity index (χ1n) is 7.78. The van der Waals surface area contributed by atoms with Crippen molar-refractivity contribution in [2.45, 2.75) is 18.9 Å². The summed E-state index contributed by atoms with van der Waals surface area (Å²) in [5.41, 5.74) is 0.502. The van der Waals surface area contributed by atoms with Gasteiger partial charge in [-0.05, 0) is 31.0 Å². The lowest BCUT2D eigenvalue weighted by molar-refractivity contribution is -0.122. The Morgan fingerprint density at radius 3 is 2.22 bits per heavy atom. The summed E-state index contributed by atoms with van der Waals surface area (Å²) < 4.78 is 0. The second kappa shape index (κ2) is 7.07. The van der Waals surface area contributed by atoms with Gasteiger partial charge in [0.05, 0.1) is 6.54 Å². The van der Waals surface area contributed by atoms with E-state index in [1.165, 1.54) is 0 Å². The molecular weight excluding hydrogens is 337 g/mol. The van der Waals surface area contributed by atoms with Crippen molar-refractivity contribution in [2.24, 2.45) is 0 Å². The minimum atomic E-state index is -0.0727. The summed E-state index contributed by atoms with van der Waals surface area (Å²) >= 11 is 11.9. The summed E-state index contributed by atoms with van der Waals surface area (Å²) in [5, 5.41) is 3.89. The van der Waals surface area contributed by atoms with Crippen LogP contribution in [0.15, 0.2) is 18.2 Å². The average molecular weight is 356 g/mol. The Morgan fingerprint density at radius 1 is 1.04 bits per heavy atom. The van der Waals surface area contributed by atoms with E-state index in [9.17, 15) is 9.59 Å². The molecule has 0 bridgehead atoms. The maximum absolute atomic E-state index is 12.5. The predicted molar refractivity (Wildman–Crippen MR) is 90.0 cm³/mol. The van der Waals surface area contributed by atoms with E-state index in [2.05, 4.69) is 10.2 Å². The topological polar surface area (TPSA) is 52.7 Å². The van der Waals surface area contributed by atoms with Crippen molar-refractivity contribution in [3.63, 3.8) is 0 Å². The van der Waals surface area contributed by atoms with Crippen molar-refractivity contribution >= 4 is 35.0 Å². The lowest BCUT2D eigenvalue weighted by Gasteiger charge is -2.34. The van der Waals surface area contributed by atoms with Crippen molar-refractivity contribution in [2.75, 3.05) is 32.7 Å². The van der Waals surface area contributed by atoms with Crippen LogP contribution >= 0.6 is 23.2 Å². The Balaban J connectivity index is 1.51. The van der Waals surface area contributed by atoms with E-state index < -0.39 is 0 Å². The molecule has 1 N–H and O–H groups in total. The molecule has 1 saturated carbocycles. The molecular formula is C16H19Cl2N3O2. The van der Waals surface area contributed by atoms with Crippen LogP contribution in [-0.2, 0) is 4.79 Å². The molecule has 23 heavy (non-hydrogen) atoms. The van der Waals surface area contributed by atoms with Crippen LogP contribution in [0, 0.1) is 0 Å². The molecule has 0 unspecified atom stereocenters. The smallest absolute Gasteiger partial charge is 0.254 e. The van der Waals surface area contributed by atoms with Crippen molar-refractivity contribution in [1.29, 1.82) is 0 Å². The minimum Gasteiger partial charge on any atom is -0.352 e. The standard InChI is InChI=1S/C16H19Cl2N3O2/c17-12-7-11(8-13(18)9-12)16(23)21-5-3-20(4-6-21)10-15(22)19-14-1-2-14/h7-9,14H,1-6,10H2,(H,19,22). The van der Waals surface area contributed by atoms with Gasteiger partial charge in [-0.3, -0.25) is 14.5 Å². The fourth-order valence-corrected chi connectivity index (χ4v) is 3.20. The molecule has 1 aromatic rings. The normalized spacial score (nSPS) is 18.8. The van der Waals surface area contributed by atoms with Gasteiger partial charge in [0.15, 0.2) is 0 Å². The second-order valence-corrected chi connectivity index (χ2v) is 6.94. The lowest BCUT2D eigenvalue weighted by Crippen LogP contribution is -2.51. The van der Waals surface area contributed by atoms with E-state index in [0.717, 1.165) is 12.8 Å². The molecule has 5 nitrogen and oxygen atoms in total.